The van der Waals surface area contributed by atoms with Gasteiger partial charge in [-0.1, -0.05) is 79.9 Å². The van der Waals surface area contributed by atoms with Crippen molar-refractivity contribution in [2.75, 3.05) is 13.2 Å². The summed E-state index contributed by atoms with van der Waals surface area (Å²) >= 11 is 0. The summed E-state index contributed by atoms with van der Waals surface area (Å²) in [4.78, 5) is 0. The molecule has 5 atom stereocenters. The lowest BCUT2D eigenvalue weighted by Gasteiger charge is -2.40. The van der Waals surface area contributed by atoms with Crippen molar-refractivity contribution in [1.82, 2.24) is 0 Å². The summed E-state index contributed by atoms with van der Waals surface area (Å²) in [6, 6.07) is 0. The second-order valence-corrected chi connectivity index (χ2v) is 23.5. The Hall–Kier alpha value is 0.0138. The number of aliphatic hydroxyl groups is 2. The van der Waals surface area contributed by atoms with E-state index in [2.05, 4.69) is 86.8 Å². The fraction of sp³-hybridized carbons (Fsp3) is 0.931. The Bertz CT molecular complexity index is 634. The van der Waals surface area contributed by atoms with Crippen LogP contribution in [-0.2, 0) is 8.85 Å². The molecule has 4 nitrogen and oxygen atoms in total. The van der Waals surface area contributed by atoms with Gasteiger partial charge in [0, 0.05) is 19.1 Å². The van der Waals surface area contributed by atoms with E-state index in [9.17, 15) is 10.2 Å². The van der Waals surface area contributed by atoms with Crippen molar-refractivity contribution >= 4 is 16.6 Å². The molecule has 0 aromatic rings. The molecule has 1 fully saturated rings. The van der Waals surface area contributed by atoms with E-state index in [0.29, 0.717) is 5.92 Å². The highest BCUT2D eigenvalue weighted by Crippen LogP contribution is 2.47. The third-order valence-corrected chi connectivity index (χ3v) is 18.1. The van der Waals surface area contributed by atoms with Crippen molar-refractivity contribution in [3.8, 4) is 0 Å². The van der Waals surface area contributed by atoms with E-state index < -0.39 is 16.6 Å². The van der Waals surface area contributed by atoms with Gasteiger partial charge < -0.3 is 19.1 Å². The molecule has 0 heterocycles. The molecule has 35 heavy (non-hydrogen) atoms. The second kappa shape index (κ2) is 13.7. The minimum absolute atomic E-state index is 0.122. The normalized spacial score (nSPS) is 25.5. The molecule has 0 aromatic heterocycles. The standard InChI is InChI=1S/C29H60O4Si2/c1-12-13-14-16-24(32-34(8,9)28(2,3)4)18-19-26-25(17-15-20-30)23(22-31)21-27(26)33-35(10,11)29(5,6)7/h18-19,23-27,30-31H,12-17,20-22H2,1-11H3/t23-,24+,25+,26+,27-/m1/s1. The van der Waals surface area contributed by atoms with Crippen LogP contribution in [-0.4, -0.2) is 52.3 Å². The summed E-state index contributed by atoms with van der Waals surface area (Å²) in [5.41, 5.74) is 0. The van der Waals surface area contributed by atoms with Crippen molar-refractivity contribution in [3.63, 3.8) is 0 Å². The van der Waals surface area contributed by atoms with Crippen LogP contribution in [0, 0.1) is 17.8 Å². The maximum atomic E-state index is 10.2. The Balaban J connectivity index is 3.27. The quantitative estimate of drug-likeness (QED) is 0.137. The first-order valence-electron chi connectivity index (χ1n) is 14.3. The van der Waals surface area contributed by atoms with Crippen LogP contribution < -0.4 is 0 Å². The summed E-state index contributed by atoms with van der Waals surface area (Å²) in [6.45, 7) is 25.8. The van der Waals surface area contributed by atoms with E-state index in [4.69, 9.17) is 8.85 Å². The van der Waals surface area contributed by atoms with E-state index in [1.54, 1.807) is 0 Å². The number of aliphatic hydroxyl groups excluding tert-OH is 2. The van der Waals surface area contributed by atoms with Crippen LogP contribution in [0.2, 0.25) is 36.3 Å². The van der Waals surface area contributed by atoms with Gasteiger partial charge in [-0.25, -0.2) is 0 Å². The van der Waals surface area contributed by atoms with Crippen LogP contribution in [0.25, 0.3) is 0 Å². The maximum absolute atomic E-state index is 10.2. The van der Waals surface area contributed by atoms with Crippen LogP contribution in [0.1, 0.15) is 93.4 Å². The predicted molar refractivity (Wildman–Crippen MR) is 156 cm³/mol. The van der Waals surface area contributed by atoms with E-state index in [1.165, 1.54) is 19.3 Å². The molecule has 0 unspecified atom stereocenters. The Morgan fingerprint density at radius 1 is 0.914 bits per heavy atom. The Morgan fingerprint density at radius 3 is 2.00 bits per heavy atom. The van der Waals surface area contributed by atoms with E-state index >= 15 is 0 Å². The molecule has 0 aliphatic heterocycles. The lowest BCUT2D eigenvalue weighted by atomic mass is 9.85. The fourth-order valence-corrected chi connectivity index (χ4v) is 7.40. The SMILES string of the molecule is CCCCC[C@@H](C=C[C@H]1[C@@H](CCCO)[C@@H](CO)C[C@H]1O[Si](C)(C)C(C)(C)C)O[Si](C)(C)C(C)(C)C. The van der Waals surface area contributed by atoms with Gasteiger partial charge in [-0.3, -0.25) is 0 Å². The van der Waals surface area contributed by atoms with Crippen LogP contribution in [0.4, 0.5) is 0 Å². The predicted octanol–water partition coefficient (Wildman–Crippen LogP) is 7.92. The molecule has 0 spiro atoms. The average molecular weight is 529 g/mol. The van der Waals surface area contributed by atoms with Gasteiger partial charge in [-0.15, -0.1) is 0 Å². The minimum Gasteiger partial charge on any atom is -0.413 e. The molecule has 6 heteroatoms. The first kappa shape index (κ1) is 33.0. The number of hydrogen-bond donors (Lipinski definition) is 2. The topological polar surface area (TPSA) is 58.9 Å². The zero-order chi connectivity index (χ0) is 27.1. The molecule has 0 radical (unpaired) electrons. The molecule has 0 amide bonds. The first-order valence-corrected chi connectivity index (χ1v) is 20.1. The number of rotatable bonds is 14. The average Bonchev–Trinajstić information content (AvgIpc) is 3.04. The highest BCUT2D eigenvalue weighted by Gasteiger charge is 2.47. The minimum atomic E-state index is -1.95. The first-order chi connectivity index (χ1) is 16.0. The van der Waals surface area contributed by atoms with E-state index in [1.807, 2.05) is 0 Å². The molecule has 1 saturated carbocycles. The third kappa shape index (κ3) is 9.68. The third-order valence-electron chi connectivity index (χ3n) is 9.14. The van der Waals surface area contributed by atoms with Crippen molar-refractivity contribution in [3.05, 3.63) is 12.2 Å². The summed E-state index contributed by atoms with van der Waals surface area (Å²) in [5.74, 6) is 0.817. The van der Waals surface area contributed by atoms with Gasteiger partial charge in [-0.05, 0) is 73.8 Å². The highest BCUT2D eigenvalue weighted by molar-refractivity contribution is 6.74. The van der Waals surface area contributed by atoms with Gasteiger partial charge in [-0.2, -0.15) is 0 Å². The van der Waals surface area contributed by atoms with E-state index in [-0.39, 0.29) is 47.3 Å². The van der Waals surface area contributed by atoms with Crippen molar-refractivity contribution < 1.29 is 19.1 Å². The lowest BCUT2D eigenvalue weighted by molar-refractivity contribution is 0.144. The Labute approximate surface area is 220 Å². The van der Waals surface area contributed by atoms with Crippen molar-refractivity contribution in [2.45, 2.75) is 142 Å². The molecular formula is C29H60O4Si2. The molecule has 208 valence electrons. The molecule has 0 aromatic carbocycles. The largest absolute Gasteiger partial charge is 0.413 e. The molecule has 1 rings (SSSR count). The van der Waals surface area contributed by atoms with Gasteiger partial charge in [0.15, 0.2) is 16.6 Å². The molecular weight excluding hydrogens is 468 g/mol. The summed E-state index contributed by atoms with van der Waals surface area (Å²) in [5, 5.41) is 20.1. The number of unbranched alkanes of at least 4 members (excludes halogenated alkanes) is 2. The van der Waals surface area contributed by atoms with E-state index in [0.717, 1.165) is 25.7 Å². The second-order valence-electron chi connectivity index (χ2n) is 14.0. The summed E-state index contributed by atoms with van der Waals surface area (Å²) in [7, 11) is -3.84. The Morgan fingerprint density at radius 2 is 1.51 bits per heavy atom. The van der Waals surface area contributed by atoms with Gasteiger partial charge in [0.2, 0.25) is 0 Å². The summed E-state index contributed by atoms with van der Waals surface area (Å²) < 4.78 is 13.9. The van der Waals surface area contributed by atoms with Gasteiger partial charge in [0.25, 0.3) is 0 Å². The van der Waals surface area contributed by atoms with Gasteiger partial charge in [0.05, 0.1) is 12.2 Å². The molecule has 1 aliphatic rings. The van der Waals surface area contributed by atoms with Crippen molar-refractivity contribution in [2.24, 2.45) is 17.8 Å². The van der Waals surface area contributed by atoms with Crippen LogP contribution in [0.3, 0.4) is 0 Å². The highest BCUT2D eigenvalue weighted by atomic mass is 28.4. The Kier molecular flexibility index (Phi) is 12.9. The van der Waals surface area contributed by atoms with Gasteiger partial charge in [0.1, 0.15) is 0 Å². The fourth-order valence-electron chi connectivity index (χ4n) is 4.73. The van der Waals surface area contributed by atoms with Crippen LogP contribution in [0.15, 0.2) is 12.2 Å². The zero-order valence-electron chi connectivity index (χ0n) is 25.1. The monoisotopic (exact) mass is 528 g/mol. The van der Waals surface area contributed by atoms with Crippen molar-refractivity contribution in [1.29, 1.82) is 0 Å². The van der Waals surface area contributed by atoms with Crippen LogP contribution in [0.5, 0.6) is 0 Å². The lowest BCUT2D eigenvalue weighted by Crippen LogP contribution is -2.45. The molecule has 0 bridgehead atoms. The number of hydrogen-bond acceptors (Lipinski definition) is 4. The smallest absolute Gasteiger partial charge is 0.192 e. The van der Waals surface area contributed by atoms with Gasteiger partial charge >= 0.3 is 0 Å². The molecule has 1 aliphatic carbocycles. The summed E-state index contributed by atoms with van der Waals surface area (Å²) in [6.07, 6.45) is 12.3. The van der Waals surface area contributed by atoms with Crippen LogP contribution >= 0.6 is 0 Å². The molecule has 0 saturated heterocycles. The maximum Gasteiger partial charge on any atom is 0.192 e. The molecule has 2 N–H and O–H groups in total. The zero-order valence-corrected chi connectivity index (χ0v) is 27.1.